The number of rotatable bonds is 6. The second-order valence-corrected chi connectivity index (χ2v) is 6.83. The number of hydrogen-bond acceptors (Lipinski definition) is 5. The van der Waals surface area contributed by atoms with Crippen molar-refractivity contribution in [3.63, 3.8) is 0 Å². The van der Waals surface area contributed by atoms with E-state index in [9.17, 15) is 18.4 Å². The lowest BCUT2D eigenvalue weighted by Gasteiger charge is -2.32. The van der Waals surface area contributed by atoms with E-state index in [4.69, 9.17) is 15.7 Å². The summed E-state index contributed by atoms with van der Waals surface area (Å²) in [5.41, 5.74) is 5.63. The Labute approximate surface area is 183 Å². The van der Waals surface area contributed by atoms with Crippen LogP contribution in [0.5, 0.6) is 5.75 Å². The number of benzene rings is 2. The maximum Gasteiger partial charge on any atom is 0.268 e. The number of hydroxylamine groups is 1. The van der Waals surface area contributed by atoms with Crippen LogP contribution in [0.25, 0.3) is 0 Å². The largest absolute Gasteiger partial charge is 0.495 e. The number of nitrogens with two attached hydrogens (primary N) is 1. The van der Waals surface area contributed by atoms with E-state index in [0.29, 0.717) is 16.9 Å². The molecule has 0 aliphatic heterocycles. The van der Waals surface area contributed by atoms with Crippen molar-refractivity contribution < 1.29 is 28.3 Å². The van der Waals surface area contributed by atoms with Gasteiger partial charge in [0, 0.05) is 11.1 Å². The maximum absolute atomic E-state index is 13.2. The van der Waals surface area contributed by atoms with Crippen LogP contribution in [0.1, 0.15) is 28.4 Å². The second-order valence-electron chi connectivity index (χ2n) is 6.83. The zero-order valence-corrected chi connectivity index (χ0v) is 17.3. The monoisotopic (exact) mass is 441 g/mol. The van der Waals surface area contributed by atoms with Gasteiger partial charge < -0.3 is 15.8 Å². The third-order valence-electron chi connectivity index (χ3n) is 4.46. The molecule has 0 heterocycles. The molecule has 2 rings (SSSR count). The van der Waals surface area contributed by atoms with Crippen LogP contribution in [0.15, 0.2) is 48.5 Å². The Morgan fingerprint density at radius 1 is 1.09 bits per heavy atom. The topological polar surface area (TPSA) is 114 Å². The van der Waals surface area contributed by atoms with E-state index in [-0.39, 0.29) is 5.56 Å². The lowest BCUT2D eigenvalue weighted by molar-refractivity contribution is -0.134. The Hall–Kier alpha value is -3.92. The van der Waals surface area contributed by atoms with Gasteiger partial charge in [-0.05, 0) is 61.1 Å². The van der Waals surface area contributed by atoms with Crippen molar-refractivity contribution in [3.8, 4) is 29.4 Å². The van der Waals surface area contributed by atoms with Gasteiger partial charge in [-0.3, -0.25) is 14.8 Å². The summed E-state index contributed by atoms with van der Waals surface area (Å²) in [5, 5.41) is 10.9. The van der Waals surface area contributed by atoms with Crippen LogP contribution >= 0.6 is 0 Å². The van der Waals surface area contributed by atoms with Crippen LogP contribution in [-0.4, -0.2) is 42.1 Å². The van der Waals surface area contributed by atoms with Gasteiger partial charge in [0.1, 0.15) is 17.3 Å². The van der Waals surface area contributed by atoms with Crippen molar-refractivity contribution in [2.24, 2.45) is 5.73 Å². The first-order valence-electron chi connectivity index (χ1n) is 9.27. The average molecular weight is 441 g/mol. The molecule has 0 spiro atoms. The number of methoxy groups -OCH3 is 1. The lowest BCUT2D eigenvalue weighted by atomic mass is 9.92. The van der Waals surface area contributed by atoms with Crippen LogP contribution in [0.2, 0.25) is 0 Å². The molecule has 7 nitrogen and oxygen atoms in total. The van der Waals surface area contributed by atoms with Gasteiger partial charge in [-0.15, -0.1) is 0 Å². The first kappa shape index (κ1) is 24.4. The molecule has 1 unspecified atom stereocenters. The van der Waals surface area contributed by atoms with Crippen LogP contribution in [0.3, 0.4) is 0 Å². The van der Waals surface area contributed by atoms with Crippen LogP contribution in [0, 0.1) is 23.7 Å². The summed E-state index contributed by atoms with van der Waals surface area (Å²) in [7, 11) is 1.55. The third kappa shape index (κ3) is 6.05. The van der Waals surface area contributed by atoms with Gasteiger partial charge in [-0.25, -0.2) is 14.3 Å². The average Bonchev–Trinajstić information content (AvgIpc) is 2.80. The number of alkyl halides is 2. The SMILES string of the molecule is COc1ccccc1C#CC#Cc1ccc(C(=O)N[C@H](C(=O)NO)C(C)(N)C(F)F)cc1. The highest BCUT2D eigenvalue weighted by Crippen LogP contribution is 2.18. The predicted octanol–water partition coefficient (Wildman–Crippen LogP) is 1.68. The van der Waals surface area contributed by atoms with E-state index in [1.54, 1.807) is 19.2 Å². The van der Waals surface area contributed by atoms with Crippen molar-refractivity contribution in [1.29, 1.82) is 0 Å². The van der Waals surface area contributed by atoms with Gasteiger partial charge in [-0.1, -0.05) is 18.1 Å². The molecule has 0 radical (unpaired) electrons. The van der Waals surface area contributed by atoms with Crippen LogP contribution < -0.4 is 21.3 Å². The zero-order valence-electron chi connectivity index (χ0n) is 17.3. The number of carbonyl (C=O) groups excluding carboxylic acids is 2. The fraction of sp³-hybridized carbons (Fsp3) is 0.217. The molecule has 2 aromatic rings. The molecule has 2 atom stereocenters. The van der Waals surface area contributed by atoms with E-state index in [2.05, 4.69) is 29.0 Å². The Morgan fingerprint density at radius 2 is 1.72 bits per heavy atom. The predicted molar refractivity (Wildman–Crippen MR) is 113 cm³/mol. The van der Waals surface area contributed by atoms with Gasteiger partial charge >= 0.3 is 0 Å². The minimum absolute atomic E-state index is 0.0801. The highest BCUT2D eigenvalue weighted by atomic mass is 19.3. The highest BCUT2D eigenvalue weighted by molar-refractivity contribution is 5.98. The Balaban J connectivity index is 2.12. The fourth-order valence-electron chi connectivity index (χ4n) is 2.56. The molecule has 0 aliphatic rings. The number of hydrogen-bond donors (Lipinski definition) is 4. The molecule has 0 bridgehead atoms. The summed E-state index contributed by atoms with van der Waals surface area (Å²) >= 11 is 0. The molecule has 166 valence electrons. The van der Waals surface area contributed by atoms with E-state index < -0.39 is 29.8 Å². The minimum Gasteiger partial charge on any atom is -0.495 e. The molecule has 0 aliphatic carbocycles. The molecule has 32 heavy (non-hydrogen) atoms. The molecule has 0 fully saturated rings. The molecule has 0 saturated heterocycles. The van der Waals surface area contributed by atoms with Crippen LogP contribution in [-0.2, 0) is 4.79 Å². The third-order valence-corrected chi connectivity index (χ3v) is 4.46. The van der Waals surface area contributed by atoms with Crippen molar-refractivity contribution in [2.45, 2.75) is 24.9 Å². The smallest absolute Gasteiger partial charge is 0.268 e. The molecule has 0 aromatic heterocycles. The number of ether oxygens (including phenoxy) is 1. The number of amides is 2. The summed E-state index contributed by atoms with van der Waals surface area (Å²) in [6.45, 7) is 0.891. The summed E-state index contributed by atoms with van der Waals surface area (Å²) in [5.74, 6) is 9.63. The Morgan fingerprint density at radius 3 is 2.31 bits per heavy atom. The van der Waals surface area contributed by atoms with Gasteiger partial charge in [0.2, 0.25) is 0 Å². The maximum atomic E-state index is 13.2. The number of halogens is 2. The van der Waals surface area contributed by atoms with Gasteiger partial charge in [0.05, 0.1) is 12.7 Å². The zero-order chi connectivity index (χ0) is 23.7. The second kappa shape index (κ2) is 10.9. The summed E-state index contributed by atoms with van der Waals surface area (Å²) in [6.07, 6.45) is -3.14. The molecule has 9 heteroatoms. The van der Waals surface area contributed by atoms with Gasteiger partial charge in [-0.2, -0.15) is 0 Å². The molecule has 2 aromatic carbocycles. The van der Waals surface area contributed by atoms with Crippen molar-refractivity contribution in [1.82, 2.24) is 10.8 Å². The quantitative estimate of drug-likeness (QED) is 0.310. The van der Waals surface area contributed by atoms with Crippen molar-refractivity contribution >= 4 is 11.8 Å². The van der Waals surface area contributed by atoms with Crippen LogP contribution in [0.4, 0.5) is 8.78 Å². The van der Waals surface area contributed by atoms with Gasteiger partial charge in [0.15, 0.2) is 0 Å². The van der Waals surface area contributed by atoms with E-state index >= 15 is 0 Å². The Kier molecular flexibility index (Phi) is 8.31. The number of carbonyl (C=O) groups is 2. The fourth-order valence-corrected chi connectivity index (χ4v) is 2.56. The van der Waals surface area contributed by atoms with Crippen molar-refractivity contribution in [2.75, 3.05) is 7.11 Å². The molecular formula is C23H21F2N3O4. The summed E-state index contributed by atoms with van der Waals surface area (Å²) in [4.78, 5) is 24.1. The van der Waals surface area contributed by atoms with E-state index in [1.807, 2.05) is 12.1 Å². The summed E-state index contributed by atoms with van der Waals surface area (Å²) < 4.78 is 31.6. The van der Waals surface area contributed by atoms with E-state index in [1.165, 1.54) is 29.7 Å². The standard InChI is InChI=1S/C23H21F2N3O4/c1-23(26,22(24)25)19(21(30)28-31)27-20(29)17-13-11-15(12-14-17)7-3-4-8-16-9-5-6-10-18(16)32-2/h5-6,9-14,19,22,31H,26H2,1-2H3,(H,27,29)(H,28,30)/t19-,23?/m1/s1. The van der Waals surface area contributed by atoms with Crippen molar-refractivity contribution in [3.05, 3.63) is 65.2 Å². The normalized spacial score (nSPS) is 12.8. The molecule has 5 N–H and O–H groups in total. The minimum atomic E-state index is -3.14. The van der Waals surface area contributed by atoms with E-state index in [0.717, 1.165) is 6.92 Å². The first-order valence-corrected chi connectivity index (χ1v) is 9.27. The molecule has 0 saturated carbocycles. The Bertz CT molecular complexity index is 1090. The molecular weight excluding hydrogens is 420 g/mol. The first-order chi connectivity index (χ1) is 15.2. The number of nitrogens with one attached hydrogen (secondary N) is 2. The highest BCUT2D eigenvalue weighted by Gasteiger charge is 2.44. The lowest BCUT2D eigenvalue weighted by Crippen LogP contribution is -2.66. The molecule has 2 amide bonds. The number of para-hydroxylation sites is 1. The van der Waals surface area contributed by atoms with Gasteiger partial charge in [0.25, 0.3) is 18.2 Å². The summed E-state index contributed by atoms with van der Waals surface area (Å²) in [6, 6.07) is 11.2.